The van der Waals surface area contributed by atoms with Gasteiger partial charge in [0.05, 0.1) is 28.8 Å². The van der Waals surface area contributed by atoms with Crippen molar-refractivity contribution in [2.45, 2.75) is 20.3 Å². The van der Waals surface area contributed by atoms with Gasteiger partial charge in [-0.15, -0.1) is 0 Å². The van der Waals surface area contributed by atoms with Crippen molar-refractivity contribution < 1.29 is 4.74 Å². The average Bonchev–Trinajstić information content (AvgIpc) is 2.86. The fraction of sp³-hybridized carbons (Fsp3) is 0.250. The van der Waals surface area contributed by atoms with Crippen LogP contribution in [0.4, 0.5) is 11.4 Å². The molecule has 35 heavy (non-hydrogen) atoms. The maximum atomic E-state index is 13.0. The summed E-state index contributed by atoms with van der Waals surface area (Å²) in [4.78, 5) is 18.1. The Bertz CT molecular complexity index is 1290. The molecule has 5 nitrogen and oxygen atoms in total. The van der Waals surface area contributed by atoms with Crippen molar-refractivity contribution in [1.29, 1.82) is 0 Å². The van der Waals surface area contributed by atoms with Crippen LogP contribution in [-0.4, -0.2) is 31.3 Å². The minimum Gasteiger partial charge on any atom is -0.378 e. The van der Waals surface area contributed by atoms with E-state index in [2.05, 4.69) is 34.3 Å². The number of rotatable bonds is 7. The van der Waals surface area contributed by atoms with E-state index in [1.165, 1.54) is 5.69 Å². The van der Waals surface area contributed by atoms with Gasteiger partial charge in [-0.3, -0.25) is 4.79 Å². The number of morpholine rings is 1. The highest BCUT2D eigenvalue weighted by Crippen LogP contribution is 2.29. The fourth-order valence-electron chi connectivity index (χ4n) is 4.10. The number of H-pyrrole nitrogens is 1. The smallest absolute Gasteiger partial charge is 0.257 e. The van der Waals surface area contributed by atoms with Crippen LogP contribution < -0.4 is 15.8 Å². The van der Waals surface area contributed by atoms with Gasteiger partial charge in [-0.2, -0.15) is 0 Å². The number of anilines is 2. The Kier molecular flexibility index (Phi) is 8.34. The van der Waals surface area contributed by atoms with E-state index < -0.39 is 0 Å². The fourth-order valence-corrected chi connectivity index (χ4v) is 4.40. The number of halogens is 2. The Morgan fingerprint density at radius 2 is 1.83 bits per heavy atom. The molecule has 1 aliphatic rings. The highest BCUT2D eigenvalue weighted by atomic mass is 35.5. The monoisotopic (exact) mass is 509 g/mol. The molecule has 0 aliphatic carbocycles. The highest BCUT2D eigenvalue weighted by molar-refractivity contribution is 6.42. The maximum absolute atomic E-state index is 13.0. The van der Waals surface area contributed by atoms with Crippen molar-refractivity contribution in [3.8, 4) is 0 Å². The molecule has 1 aliphatic heterocycles. The Morgan fingerprint density at radius 1 is 1.09 bits per heavy atom. The van der Waals surface area contributed by atoms with Crippen LogP contribution in [0.15, 0.2) is 65.6 Å². The molecule has 0 spiro atoms. The molecule has 2 aromatic carbocycles. The molecule has 1 aromatic heterocycles. The van der Waals surface area contributed by atoms with Gasteiger partial charge in [0.2, 0.25) is 0 Å². The first-order valence-corrected chi connectivity index (χ1v) is 12.5. The Labute approximate surface area is 216 Å². The Balaban J connectivity index is 1.64. The van der Waals surface area contributed by atoms with E-state index in [4.69, 9.17) is 27.9 Å². The van der Waals surface area contributed by atoms with E-state index in [1.54, 1.807) is 12.3 Å². The van der Waals surface area contributed by atoms with Gasteiger partial charge in [-0.1, -0.05) is 48.3 Å². The molecular formula is C28H29Cl2N3O2. The molecule has 0 atom stereocenters. The minimum atomic E-state index is -0.155. The molecule has 0 saturated carbocycles. The molecule has 2 N–H and O–H groups in total. The van der Waals surface area contributed by atoms with Gasteiger partial charge in [-0.05, 0) is 72.5 Å². The molecule has 7 heteroatoms. The number of hydrogen-bond acceptors (Lipinski definition) is 4. The second-order valence-electron chi connectivity index (χ2n) is 8.39. The minimum absolute atomic E-state index is 0.155. The summed E-state index contributed by atoms with van der Waals surface area (Å²) in [7, 11) is 0. The lowest BCUT2D eigenvalue weighted by Crippen LogP contribution is -2.36. The molecule has 0 bridgehead atoms. The molecule has 4 rings (SSSR count). The third-order valence-corrected chi connectivity index (χ3v) is 6.68. The number of allylic oxidation sites excluding steroid dienone is 2. The SMILES string of the molecule is CC/C=C(\Nc1ccc(N2CCOCC2)cc1)c1c(/C=C(\C)c2ccc(Cl)c(Cl)c2)cc[nH]c1=O. The zero-order chi connectivity index (χ0) is 24.8. The number of aromatic nitrogens is 1. The van der Waals surface area contributed by atoms with E-state index in [9.17, 15) is 4.79 Å². The van der Waals surface area contributed by atoms with Crippen LogP contribution in [0.1, 0.15) is 37.0 Å². The molecule has 182 valence electrons. The first kappa shape index (κ1) is 25.1. The van der Waals surface area contributed by atoms with Crippen LogP contribution in [0.5, 0.6) is 0 Å². The van der Waals surface area contributed by atoms with Crippen LogP contribution in [0, 0.1) is 0 Å². The standard InChI is InChI=1S/C28H29Cl2N3O2/c1-3-4-26(32-22-6-8-23(9-7-22)33-13-15-35-16-14-33)27-21(11-12-31-28(27)34)17-19(2)20-5-10-24(29)25(30)18-20/h4-12,17-18,32H,3,13-16H2,1-2H3,(H,31,34)/b19-17+,26-4-. The van der Waals surface area contributed by atoms with Crippen LogP contribution in [0.25, 0.3) is 17.3 Å². The van der Waals surface area contributed by atoms with Gasteiger partial charge in [0.1, 0.15) is 0 Å². The normalized spacial score (nSPS) is 14.8. The van der Waals surface area contributed by atoms with Crippen molar-refractivity contribution >= 4 is 51.9 Å². The molecule has 2 heterocycles. The number of pyridine rings is 1. The van der Waals surface area contributed by atoms with Gasteiger partial charge >= 0.3 is 0 Å². The van der Waals surface area contributed by atoms with Crippen LogP contribution in [-0.2, 0) is 4.74 Å². The van der Waals surface area contributed by atoms with Gasteiger partial charge < -0.3 is 19.9 Å². The first-order valence-electron chi connectivity index (χ1n) is 11.7. The zero-order valence-corrected chi connectivity index (χ0v) is 21.4. The second-order valence-corrected chi connectivity index (χ2v) is 9.21. The molecule has 1 saturated heterocycles. The van der Waals surface area contributed by atoms with Crippen LogP contribution in [0.2, 0.25) is 10.0 Å². The van der Waals surface area contributed by atoms with E-state index in [1.807, 2.05) is 49.4 Å². The molecule has 0 amide bonds. The third kappa shape index (κ3) is 6.17. The predicted octanol–water partition coefficient (Wildman–Crippen LogP) is 6.94. The lowest BCUT2D eigenvalue weighted by Gasteiger charge is -2.29. The number of nitrogens with zero attached hydrogens (tertiary/aromatic N) is 1. The van der Waals surface area contributed by atoms with Crippen molar-refractivity contribution in [2.24, 2.45) is 0 Å². The third-order valence-electron chi connectivity index (χ3n) is 5.94. The highest BCUT2D eigenvalue weighted by Gasteiger charge is 2.14. The summed E-state index contributed by atoms with van der Waals surface area (Å²) in [5.74, 6) is 0. The number of nitrogens with one attached hydrogen (secondary N) is 2. The molecule has 0 radical (unpaired) electrons. The molecule has 3 aromatic rings. The topological polar surface area (TPSA) is 57.4 Å². The number of hydrogen-bond donors (Lipinski definition) is 2. The van der Waals surface area contributed by atoms with Crippen molar-refractivity contribution in [1.82, 2.24) is 4.98 Å². The van der Waals surface area contributed by atoms with Gasteiger partial charge in [0.25, 0.3) is 5.56 Å². The summed E-state index contributed by atoms with van der Waals surface area (Å²) in [6, 6.07) is 15.7. The van der Waals surface area contributed by atoms with Crippen molar-refractivity contribution in [2.75, 3.05) is 36.5 Å². The van der Waals surface area contributed by atoms with E-state index in [0.717, 1.165) is 60.8 Å². The lowest BCUT2D eigenvalue weighted by atomic mass is 10.00. The number of aromatic amines is 1. The zero-order valence-electron chi connectivity index (χ0n) is 19.9. The van der Waals surface area contributed by atoms with Crippen molar-refractivity contribution in [3.05, 3.63) is 97.9 Å². The largest absolute Gasteiger partial charge is 0.378 e. The maximum Gasteiger partial charge on any atom is 0.257 e. The Hall–Kier alpha value is -2.99. The summed E-state index contributed by atoms with van der Waals surface area (Å²) in [5.41, 5.74) is 6.01. The Morgan fingerprint density at radius 3 is 2.51 bits per heavy atom. The van der Waals surface area contributed by atoms with E-state index in [-0.39, 0.29) is 5.56 Å². The summed E-state index contributed by atoms with van der Waals surface area (Å²) in [5, 5.41) is 4.48. The number of ether oxygens (including phenoxy) is 1. The lowest BCUT2D eigenvalue weighted by molar-refractivity contribution is 0.122. The second kappa shape index (κ2) is 11.6. The van der Waals surface area contributed by atoms with E-state index >= 15 is 0 Å². The van der Waals surface area contributed by atoms with Crippen LogP contribution in [0.3, 0.4) is 0 Å². The van der Waals surface area contributed by atoms with Gasteiger partial charge in [-0.25, -0.2) is 0 Å². The van der Waals surface area contributed by atoms with Crippen LogP contribution >= 0.6 is 23.2 Å². The van der Waals surface area contributed by atoms with Gasteiger partial charge in [0, 0.05) is 36.4 Å². The van der Waals surface area contributed by atoms with Gasteiger partial charge in [0.15, 0.2) is 0 Å². The molecule has 0 unspecified atom stereocenters. The molecular weight excluding hydrogens is 481 g/mol. The average molecular weight is 510 g/mol. The summed E-state index contributed by atoms with van der Waals surface area (Å²) in [6.07, 6.45) is 6.47. The van der Waals surface area contributed by atoms with Crippen molar-refractivity contribution in [3.63, 3.8) is 0 Å². The summed E-state index contributed by atoms with van der Waals surface area (Å²) >= 11 is 12.3. The van der Waals surface area contributed by atoms with E-state index in [0.29, 0.717) is 15.6 Å². The predicted molar refractivity (Wildman–Crippen MR) is 148 cm³/mol. The molecule has 1 fully saturated rings. The first-order chi connectivity index (χ1) is 17.0. The summed E-state index contributed by atoms with van der Waals surface area (Å²) < 4.78 is 5.45. The summed E-state index contributed by atoms with van der Waals surface area (Å²) in [6.45, 7) is 7.32. The quantitative estimate of drug-likeness (QED) is 0.362. The number of benzene rings is 2.